The van der Waals surface area contributed by atoms with Gasteiger partial charge < -0.3 is 5.32 Å². The summed E-state index contributed by atoms with van der Waals surface area (Å²) in [6, 6.07) is 12.5. The smallest absolute Gasteiger partial charge is 0.269 e. The van der Waals surface area contributed by atoms with Crippen molar-refractivity contribution in [1.29, 1.82) is 5.26 Å². The number of hydrogen-bond donors (Lipinski definition) is 1. The Morgan fingerprint density at radius 2 is 1.90 bits per heavy atom. The molecule has 0 atom stereocenters. The summed E-state index contributed by atoms with van der Waals surface area (Å²) in [4.78, 5) is 22.3. The molecule has 0 aliphatic rings. The summed E-state index contributed by atoms with van der Waals surface area (Å²) >= 11 is 0. The zero-order chi connectivity index (χ0) is 15.4. The lowest BCUT2D eigenvalue weighted by molar-refractivity contribution is -0.384. The Morgan fingerprint density at radius 1 is 1.24 bits per heavy atom. The monoisotopic (exact) mass is 281 g/mol. The van der Waals surface area contributed by atoms with Gasteiger partial charge in [-0.3, -0.25) is 14.9 Å². The third kappa shape index (κ3) is 3.22. The second-order valence-electron chi connectivity index (χ2n) is 4.40. The molecule has 0 radical (unpaired) electrons. The van der Waals surface area contributed by atoms with Gasteiger partial charge in [0.2, 0.25) is 0 Å². The van der Waals surface area contributed by atoms with E-state index in [0.29, 0.717) is 22.4 Å². The molecule has 21 heavy (non-hydrogen) atoms. The number of nitriles is 1. The maximum atomic E-state index is 12.1. The normalized spacial score (nSPS) is 9.71. The Kier molecular flexibility index (Phi) is 3.95. The molecule has 0 aromatic heterocycles. The van der Waals surface area contributed by atoms with Crippen molar-refractivity contribution < 1.29 is 9.72 Å². The minimum atomic E-state index is -0.505. The first kappa shape index (κ1) is 14.2. The fourth-order valence-corrected chi connectivity index (χ4v) is 1.84. The summed E-state index contributed by atoms with van der Waals surface area (Å²) in [5.74, 6) is -0.355. The fraction of sp³-hybridized carbons (Fsp3) is 0.0667. The maximum absolute atomic E-state index is 12.1. The highest BCUT2D eigenvalue weighted by atomic mass is 16.6. The number of nitro benzene ring substituents is 1. The quantitative estimate of drug-likeness (QED) is 0.690. The van der Waals surface area contributed by atoms with Crippen LogP contribution in [0.15, 0.2) is 42.5 Å². The van der Waals surface area contributed by atoms with Gasteiger partial charge >= 0.3 is 0 Å². The first-order valence-corrected chi connectivity index (χ1v) is 6.08. The van der Waals surface area contributed by atoms with Gasteiger partial charge in [0, 0.05) is 23.4 Å². The van der Waals surface area contributed by atoms with E-state index in [1.165, 1.54) is 18.2 Å². The van der Waals surface area contributed by atoms with E-state index < -0.39 is 4.92 Å². The first-order chi connectivity index (χ1) is 10.0. The summed E-state index contributed by atoms with van der Waals surface area (Å²) in [5.41, 5.74) is 1.89. The second kappa shape index (κ2) is 5.84. The van der Waals surface area contributed by atoms with Crippen molar-refractivity contribution in [3.05, 3.63) is 69.3 Å². The lowest BCUT2D eigenvalue weighted by Gasteiger charge is -2.07. The van der Waals surface area contributed by atoms with Crippen LogP contribution in [0.1, 0.15) is 21.5 Å². The Morgan fingerprint density at radius 3 is 2.43 bits per heavy atom. The average Bonchev–Trinajstić information content (AvgIpc) is 2.47. The number of anilines is 1. The van der Waals surface area contributed by atoms with Gasteiger partial charge in [0.1, 0.15) is 0 Å². The molecule has 0 fully saturated rings. The number of benzene rings is 2. The van der Waals surface area contributed by atoms with Crippen LogP contribution in [0.5, 0.6) is 0 Å². The molecule has 2 aromatic carbocycles. The summed E-state index contributed by atoms with van der Waals surface area (Å²) in [7, 11) is 0. The van der Waals surface area contributed by atoms with Crippen LogP contribution in [0.25, 0.3) is 0 Å². The van der Waals surface area contributed by atoms with Crippen molar-refractivity contribution >= 4 is 17.3 Å². The van der Waals surface area contributed by atoms with E-state index in [1.54, 1.807) is 31.2 Å². The number of nitrogens with one attached hydrogen (secondary N) is 1. The minimum Gasteiger partial charge on any atom is -0.322 e. The number of amides is 1. The van der Waals surface area contributed by atoms with Crippen LogP contribution >= 0.6 is 0 Å². The summed E-state index contributed by atoms with van der Waals surface area (Å²) in [5, 5.41) is 22.0. The third-order valence-corrected chi connectivity index (χ3v) is 2.94. The summed E-state index contributed by atoms with van der Waals surface area (Å²) in [6.45, 7) is 1.64. The molecule has 0 bridgehead atoms. The highest BCUT2D eigenvalue weighted by Gasteiger charge is 2.13. The van der Waals surface area contributed by atoms with Crippen molar-refractivity contribution in [3.63, 3.8) is 0 Å². The molecule has 0 heterocycles. The molecular formula is C15H11N3O3. The average molecular weight is 281 g/mol. The van der Waals surface area contributed by atoms with Crippen LogP contribution in [0.3, 0.4) is 0 Å². The van der Waals surface area contributed by atoms with E-state index >= 15 is 0 Å². The topological polar surface area (TPSA) is 96.0 Å². The zero-order valence-electron chi connectivity index (χ0n) is 11.2. The lowest BCUT2D eigenvalue weighted by atomic mass is 10.1. The van der Waals surface area contributed by atoms with E-state index in [9.17, 15) is 14.9 Å². The Balaban J connectivity index is 2.20. The number of nitrogens with zero attached hydrogens (tertiary/aromatic N) is 2. The molecule has 6 nitrogen and oxygen atoms in total. The molecule has 1 N–H and O–H groups in total. The van der Waals surface area contributed by atoms with E-state index in [1.807, 2.05) is 6.07 Å². The molecule has 0 saturated carbocycles. The van der Waals surface area contributed by atoms with Crippen LogP contribution < -0.4 is 5.32 Å². The molecule has 6 heteroatoms. The zero-order valence-corrected chi connectivity index (χ0v) is 11.2. The van der Waals surface area contributed by atoms with Crippen LogP contribution in [0.4, 0.5) is 11.4 Å². The van der Waals surface area contributed by atoms with E-state index in [0.717, 1.165) is 0 Å². The number of nitro groups is 1. The SMILES string of the molecule is Cc1cc([N+](=O)[O-])ccc1C(=O)Nc1ccc(C#N)cc1. The molecule has 0 saturated heterocycles. The molecule has 0 unspecified atom stereocenters. The Labute approximate surface area is 120 Å². The van der Waals surface area contributed by atoms with E-state index in [4.69, 9.17) is 5.26 Å². The number of rotatable bonds is 3. The van der Waals surface area contributed by atoms with Crippen molar-refractivity contribution in [3.8, 4) is 6.07 Å². The fourth-order valence-electron chi connectivity index (χ4n) is 1.84. The first-order valence-electron chi connectivity index (χ1n) is 6.08. The highest BCUT2D eigenvalue weighted by Crippen LogP contribution is 2.18. The number of carbonyl (C=O) groups is 1. The third-order valence-electron chi connectivity index (χ3n) is 2.94. The molecule has 0 aliphatic heterocycles. The summed E-state index contributed by atoms with van der Waals surface area (Å²) in [6.07, 6.45) is 0. The standard InChI is InChI=1S/C15H11N3O3/c1-10-8-13(18(20)21)6-7-14(10)15(19)17-12-4-2-11(9-16)3-5-12/h2-8H,1H3,(H,17,19). The van der Waals surface area contributed by atoms with Gasteiger partial charge in [-0.15, -0.1) is 0 Å². The van der Waals surface area contributed by atoms with Gasteiger partial charge in [-0.1, -0.05) is 0 Å². The molecule has 1 amide bonds. The molecule has 0 aliphatic carbocycles. The van der Waals surface area contributed by atoms with Gasteiger partial charge in [-0.25, -0.2) is 0 Å². The van der Waals surface area contributed by atoms with Gasteiger partial charge in [0.25, 0.3) is 11.6 Å². The van der Waals surface area contributed by atoms with Gasteiger partial charge in [0.15, 0.2) is 0 Å². The van der Waals surface area contributed by atoms with Crippen LogP contribution in [-0.4, -0.2) is 10.8 Å². The molecule has 2 aromatic rings. The minimum absolute atomic E-state index is 0.0533. The van der Waals surface area contributed by atoms with Gasteiger partial charge in [0.05, 0.1) is 16.6 Å². The summed E-state index contributed by atoms with van der Waals surface area (Å²) < 4.78 is 0. The molecule has 0 spiro atoms. The lowest BCUT2D eigenvalue weighted by Crippen LogP contribution is -2.13. The van der Waals surface area contributed by atoms with E-state index in [-0.39, 0.29) is 11.6 Å². The van der Waals surface area contributed by atoms with Crippen molar-refractivity contribution in [2.24, 2.45) is 0 Å². The number of non-ortho nitro benzene ring substituents is 1. The van der Waals surface area contributed by atoms with Crippen molar-refractivity contribution in [2.45, 2.75) is 6.92 Å². The predicted molar refractivity (Wildman–Crippen MR) is 76.9 cm³/mol. The molecule has 2 rings (SSSR count). The van der Waals surface area contributed by atoms with Crippen LogP contribution in [0.2, 0.25) is 0 Å². The Bertz CT molecular complexity index is 746. The van der Waals surface area contributed by atoms with Crippen LogP contribution in [-0.2, 0) is 0 Å². The Hall–Kier alpha value is -3.20. The van der Waals surface area contributed by atoms with E-state index in [2.05, 4.69) is 5.32 Å². The van der Waals surface area contributed by atoms with Gasteiger partial charge in [-0.05, 0) is 42.8 Å². The van der Waals surface area contributed by atoms with Crippen LogP contribution in [0, 0.1) is 28.4 Å². The van der Waals surface area contributed by atoms with Crippen molar-refractivity contribution in [2.75, 3.05) is 5.32 Å². The number of carbonyl (C=O) groups excluding carboxylic acids is 1. The second-order valence-corrected chi connectivity index (χ2v) is 4.40. The highest BCUT2D eigenvalue weighted by molar-refractivity contribution is 6.05. The number of hydrogen-bond acceptors (Lipinski definition) is 4. The maximum Gasteiger partial charge on any atom is 0.269 e. The number of aryl methyl sites for hydroxylation is 1. The van der Waals surface area contributed by atoms with Crippen molar-refractivity contribution in [1.82, 2.24) is 0 Å². The molecule has 104 valence electrons. The predicted octanol–water partition coefficient (Wildman–Crippen LogP) is 3.03. The van der Waals surface area contributed by atoms with Gasteiger partial charge in [-0.2, -0.15) is 5.26 Å². The largest absolute Gasteiger partial charge is 0.322 e. The molecular weight excluding hydrogens is 270 g/mol.